The first-order valence-corrected chi connectivity index (χ1v) is 3.41. The molecule has 0 unspecified atom stereocenters. The molecule has 0 aromatic carbocycles. The van der Waals surface area contributed by atoms with E-state index in [1.807, 2.05) is 7.05 Å². The minimum Gasteiger partial charge on any atom is -0.458 e. The molecule has 0 radical (unpaired) electrons. The van der Waals surface area contributed by atoms with Crippen molar-refractivity contribution in [2.75, 3.05) is 20.1 Å². The first-order chi connectivity index (χ1) is 4.16. The minimum atomic E-state index is 0.321. The summed E-state index contributed by atoms with van der Waals surface area (Å²) in [7, 11) is 5.89. The molecule has 54 valence electrons. The van der Waals surface area contributed by atoms with Gasteiger partial charge in [0, 0.05) is 5.54 Å². The smallest absolute Gasteiger partial charge is 0.0264 e. The van der Waals surface area contributed by atoms with Gasteiger partial charge < -0.3 is 10.2 Å². The molecule has 1 saturated heterocycles. The lowest BCUT2D eigenvalue weighted by Gasteiger charge is -2.25. The predicted molar refractivity (Wildman–Crippen MR) is 39.0 cm³/mol. The number of hydrogen-bond acceptors (Lipinski definition) is 2. The van der Waals surface area contributed by atoms with E-state index >= 15 is 0 Å². The molecule has 1 atom stereocenters. The van der Waals surface area contributed by atoms with E-state index in [0.717, 1.165) is 13.1 Å². The molecular formula is C7H15N2-. The summed E-state index contributed by atoms with van der Waals surface area (Å²) >= 11 is 0. The largest absolute Gasteiger partial charge is 0.458 e. The van der Waals surface area contributed by atoms with E-state index in [4.69, 9.17) is 0 Å². The zero-order valence-electron chi connectivity index (χ0n) is 6.28. The van der Waals surface area contributed by atoms with Crippen molar-refractivity contribution >= 4 is 0 Å². The molecule has 1 rings (SSSR count). The van der Waals surface area contributed by atoms with E-state index in [0.29, 0.717) is 5.54 Å². The summed E-state index contributed by atoms with van der Waals surface area (Å²) in [4.78, 5) is 2.11. The third-order valence-electron chi connectivity index (χ3n) is 2.16. The predicted octanol–water partition coefficient (Wildman–Crippen LogP) is 0.462. The van der Waals surface area contributed by atoms with Crippen LogP contribution in [0.2, 0.25) is 0 Å². The van der Waals surface area contributed by atoms with Crippen LogP contribution in [0.15, 0.2) is 0 Å². The lowest BCUT2D eigenvalue weighted by atomic mass is 10.0. The molecule has 1 heterocycles. The Hall–Kier alpha value is -0.0800. The maximum atomic E-state index is 3.87. The van der Waals surface area contributed by atoms with Crippen molar-refractivity contribution in [2.24, 2.45) is 0 Å². The molecule has 1 aliphatic heterocycles. The van der Waals surface area contributed by atoms with Crippen molar-refractivity contribution in [1.82, 2.24) is 10.2 Å². The Balaban J connectivity index is 2.45. The average Bonchev–Trinajstić information content (AvgIpc) is 2.13. The molecule has 0 saturated carbocycles. The van der Waals surface area contributed by atoms with Crippen LogP contribution in [0.4, 0.5) is 0 Å². The maximum absolute atomic E-state index is 3.87. The van der Waals surface area contributed by atoms with Crippen LogP contribution in [0.5, 0.6) is 0 Å². The highest BCUT2D eigenvalue weighted by molar-refractivity contribution is 4.91. The van der Waals surface area contributed by atoms with Gasteiger partial charge in [-0.05, 0) is 33.5 Å². The fourth-order valence-corrected chi connectivity index (χ4v) is 1.26. The van der Waals surface area contributed by atoms with Crippen molar-refractivity contribution in [1.29, 1.82) is 0 Å². The highest BCUT2D eigenvalue weighted by atomic mass is 15.2. The van der Waals surface area contributed by atoms with Gasteiger partial charge in [0.1, 0.15) is 0 Å². The minimum absolute atomic E-state index is 0.321. The van der Waals surface area contributed by atoms with E-state index < -0.39 is 0 Å². The summed E-state index contributed by atoms with van der Waals surface area (Å²) in [5, 5.41) is 3.29. The van der Waals surface area contributed by atoms with Gasteiger partial charge in [-0.25, -0.2) is 0 Å². The van der Waals surface area contributed by atoms with Gasteiger partial charge in [-0.1, -0.05) is 0 Å². The van der Waals surface area contributed by atoms with Crippen LogP contribution < -0.4 is 5.32 Å². The molecule has 1 fully saturated rings. The molecule has 2 nitrogen and oxygen atoms in total. The van der Waals surface area contributed by atoms with Crippen molar-refractivity contribution < 1.29 is 0 Å². The van der Waals surface area contributed by atoms with E-state index in [1.165, 1.54) is 6.42 Å². The van der Waals surface area contributed by atoms with Crippen molar-refractivity contribution in [3.63, 3.8) is 0 Å². The molecule has 0 aliphatic carbocycles. The van der Waals surface area contributed by atoms with Gasteiger partial charge >= 0.3 is 0 Å². The van der Waals surface area contributed by atoms with Crippen LogP contribution in [0.3, 0.4) is 0 Å². The topological polar surface area (TPSA) is 15.3 Å². The highest BCUT2D eigenvalue weighted by Crippen LogP contribution is 2.18. The highest BCUT2D eigenvalue weighted by Gasteiger charge is 2.26. The Kier molecular flexibility index (Phi) is 1.78. The second kappa shape index (κ2) is 2.27. The third kappa shape index (κ3) is 1.43. The normalized spacial score (nSPS) is 37.7. The van der Waals surface area contributed by atoms with E-state index in [2.05, 4.69) is 24.2 Å². The quantitative estimate of drug-likeness (QED) is 0.515. The lowest BCUT2D eigenvalue weighted by molar-refractivity contribution is 0.370. The van der Waals surface area contributed by atoms with E-state index in [1.54, 1.807) is 0 Å². The number of rotatable bonds is 1. The molecule has 0 aromatic rings. The fourth-order valence-electron chi connectivity index (χ4n) is 1.26. The summed E-state index contributed by atoms with van der Waals surface area (Å²) in [5.74, 6) is 0. The molecule has 0 spiro atoms. The molecular weight excluding hydrogens is 112 g/mol. The van der Waals surface area contributed by atoms with Crippen molar-refractivity contribution in [3.05, 3.63) is 7.05 Å². The van der Waals surface area contributed by atoms with Crippen LogP contribution in [0.1, 0.15) is 13.3 Å². The SMILES string of the molecule is [CH2-]N1CC[C@](C)(NC)C1. The summed E-state index contributed by atoms with van der Waals surface area (Å²) < 4.78 is 0. The average molecular weight is 127 g/mol. The number of likely N-dealkylation sites (tertiary alicyclic amines) is 1. The van der Waals surface area contributed by atoms with Crippen LogP contribution in [0.25, 0.3) is 0 Å². The molecule has 0 aromatic heterocycles. The Bertz CT molecular complexity index is 103. The number of hydrogen-bond donors (Lipinski definition) is 1. The van der Waals surface area contributed by atoms with Gasteiger partial charge in [0.2, 0.25) is 0 Å². The Morgan fingerprint density at radius 2 is 2.33 bits per heavy atom. The first-order valence-electron chi connectivity index (χ1n) is 3.41. The van der Waals surface area contributed by atoms with Crippen LogP contribution >= 0.6 is 0 Å². The van der Waals surface area contributed by atoms with E-state index in [-0.39, 0.29) is 0 Å². The Labute approximate surface area is 57.2 Å². The molecule has 2 heteroatoms. The fraction of sp³-hybridized carbons (Fsp3) is 0.857. The number of nitrogens with zero attached hydrogens (tertiary/aromatic N) is 1. The Morgan fingerprint density at radius 1 is 1.67 bits per heavy atom. The summed E-state index contributed by atoms with van der Waals surface area (Å²) in [6, 6.07) is 0. The molecule has 0 bridgehead atoms. The van der Waals surface area contributed by atoms with Gasteiger partial charge in [-0.3, -0.25) is 7.05 Å². The second-order valence-electron chi connectivity index (χ2n) is 3.11. The molecule has 0 amide bonds. The number of nitrogens with one attached hydrogen (secondary N) is 1. The maximum Gasteiger partial charge on any atom is 0.0264 e. The van der Waals surface area contributed by atoms with Crippen molar-refractivity contribution in [3.8, 4) is 0 Å². The van der Waals surface area contributed by atoms with E-state index in [9.17, 15) is 0 Å². The van der Waals surface area contributed by atoms with Crippen LogP contribution in [-0.4, -0.2) is 30.6 Å². The zero-order chi connectivity index (χ0) is 6.91. The second-order valence-corrected chi connectivity index (χ2v) is 3.11. The monoisotopic (exact) mass is 127 g/mol. The zero-order valence-corrected chi connectivity index (χ0v) is 6.28. The Morgan fingerprint density at radius 3 is 2.56 bits per heavy atom. The van der Waals surface area contributed by atoms with Gasteiger partial charge in [0.25, 0.3) is 0 Å². The van der Waals surface area contributed by atoms with Gasteiger partial charge in [-0.15, -0.1) is 0 Å². The lowest BCUT2D eigenvalue weighted by Crippen LogP contribution is -2.41. The van der Waals surface area contributed by atoms with Crippen molar-refractivity contribution in [2.45, 2.75) is 18.9 Å². The molecule has 1 N–H and O–H groups in total. The van der Waals surface area contributed by atoms with Crippen LogP contribution in [0, 0.1) is 7.05 Å². The van der Waals surface area contributed by atoms with Gasteiger partial charge in [0.05, 0.1) is 0 Å². The summed E-state index contributed by atoms with van der Waals surface area (Å²) in [6.45, 7) is 4.43. The molecule has 9 heavy (non-hydrogen) atoms. The molecule has 1 aliphatic rings. The third-order valence-corrected chi connectivity index (χ3v) is 2.16. The van der Waals surface area contributed by atoms with Crippen LogP contribution in [-0.2, 0) is 0 Å². The van der Waals surface area contributed by atoms with Gasteiger partial charge in [0.15, 0.2) is 0 Å². The standard InChI is InChI=1S/C7H15N2/c1-7(8-2)4-5-9(3)6-7/h8H,3-6H2,1-2H3/q-1/t7-/m0/s1. The first kappa shape index (κ1) is 7.03. The number of likely N-dealkylation sites (N-methyl/N-ethyl adjacent to an activating group) is 1. The van der Waals surface area contributed by atoms with Gasteiger partial charge in [-0.2, -0.15) is 0 Å². The summed E-state index contributed by atoms with van der Waals surface area (Å²) in [6.07, 6.45) is 1.22. The summed E-state index contributed by atoms with van der Waals surface area (Å²) in [5.41, 5.74) is 0.321.